The van der Waals surface area contributed by atoms with Gasteiger partial charge in [0.15, 0.2) is 0 Å². The zero-order valence-corrected chi connectivity index (χ0v) is 21.4. The molecular formula is C31H29N3O3. The van der Waals surface area contributed by atoms with E-state index in [1.165, 1.54) is 0 Å². The molecule has 1 amide bonds. The van der Waals surface area contributed by atoms with E-state index >= 15 is 0 Å². The van der Waals surface area contributed by atoms with E-state index in [0.717, 1.165) is 22.4 Å². The Morgan fingerprint density at radius 2 is 1.68 bits per heavy atom. The number of carbonyl (C=O) groups excluding carboxylic acids is 1. The van der Waals surface area contributed by atoms with E-state index in [1.54, 1.807) is 27.9 Å². The van der Waals surface area contributed by atoms with Gasteiger partial charge in [-0.2, -0.15) is 0 Å². The molecule has 1 atom stereocenters. The molecule has 0 radical (unpaired) electrons. The second-order valence-corrected chi connectivity index (χ2v) is 9.47. The van der Waals surface area contributed by atoms with Crippen LogP contribution in [0.1, 0.15) is 51.6 Å². The monoisotopic (exact) mass is 491 g/mol. The molecule has 5 aromatic rings. The number of aryl methyl sites for hydroxylation is 3. The van der Waals surface area contributed by atoms with Crippen molar-refractivity contribution >= 4 is 16.8 Å². The molecule has 6 nitrogen and oxygen atoms in total. The first-order chi connectivity index (χ1) is 17.8. The quantitative estimate of drug-likeness (QED) is 0.279. The van der Waals surface area contributed by atoms with E-state index in [1.807, 2.05) is 94.4 Å². The van der Waals surface area contributed by atoms with Crippen molar-refractivity contribution < 1.29 is 9.21 Å². The standard InChI is InChI=1S/C31H29N3O3/c1-20-11-14-24(15-12-20)30(35)33(19-25-8-7-17-37-25)23(4)29-32-27-10-6-5-9-26(27)31(36)34(29)28-16-13-21(2)18-22(28)3/h5-18,23H,19H2,1-4H3. The average molecular weight is 492 g/mol. The van der Waals surface area contributed by atoms with Gasteiger partial charge < -0.3 is 9.32 Å². The molecule has 5 rings (SSSR count). The highest BCUT2D eigenvalue weighted by Gasteiger charge is 2.29. The summed E-state index contributed by atoms with van der Waals surface area (Å²) in [7, 11) is 0. The maximum Gasteiger partial charge on any atom is 0.266 e. The maximum atomic E-state index is 13.9. The highest BCUT2D eigenvalue weighted by Crippen LogP contribution is 2.27. The summed E-state index contributed by atoms with van der Waals surface area (Å²) in [5.74, 6) is 0.967. The third kappa shape index (κ3) is 4.70. The van der Waals surface area contributed by atoms with Crippen molar-refractivity contribution in [3.63, 3.8) is 0 Å². The van der Waals surface area contributed by atoms with Gasteiger partial charge in [0.05, 0.1) is 35.4 Å². The molecule has 0 saturated carbocycles. The molecule has 3 aromatic carbocycles. The van der Waals surface area contributed by atoms with Gasteiger partial charge in [-0.25, -0.2) is 4.98 Å². The van der Waals surface area contributed by atoms with Gasteiger partial charge in [-0.15, -0.1) is 0 Å². The number of para-hydroxylation sites is 1. The average Bonchev–Trinajstić information content (AvgIpc) is 3.41. The summed E-state index contributed by atoms with van der Waals surface area (Å²) in [5, 5.41) is 0.529. The van der Waals surface area contributed by atoms with Gasteiger partial charge in [0.25, 0.3) is 11.5 Å². The first kappa shape index (κ1) is 24.3. The minimum Gasteiger partial charge on any atom is -0.467 e. The van der Waals surface area contributed by atoms with E-state index in [2.05, 4.69) is 0 Å². The molecule has 0 aliphatic rings. The van der Waals surface area contributed by atoms with Crippen LogP contribution in [0.2, 0.25) is 0 Å². The molecule has 0 spiro atoms. The van der Waals surface area contributed by atoms with Crippen LogP contribution >= 0.6 is 0 Å². The number of aromatic nitrogens is 2. The predicted molar refractivity (Wildman–Crippen MR) is 145 cm³/mol. The van der Waals surface area contributed by atoms with Crippen LogP contribution in [0.15, 0.2) is 94.3 Å². The molecule has 0 saturated heterocycles. The molecule has 37 heavy (non-hydrogen) atoms. The van der Waals surface area contributed by atoms with E-state index in [9.17, 15) is 9.59 Å². The Hall–Kier alpha value is -4.45. The van der Waals surface area contributed by atoms with Crippen LogP contribution in [0.5, 0.6) is 0 Å². The lowest BCUT2D eigenvalue weighted by Crippen LogP contribution is -2.37. The number of hydrogen-bond donors (Lipinski definition) is 0. The van der Waals surface area contributed by atoms with Gasteiger partial charge in [-0.1, -0.05) is 47.5 Å². The smallest absolute Gasteiger partial charge is 0.266 e. The van der Waals surface area contributed by atoms with Crippen molar-refractivity contribution in [3.8, 4) is 5.69 Å². The number of benzene rings is 3. The van der Waals surface area contributed by atoms with Gasteiger partial charge in [-0.3, -0.25) is 14.2 Å². The fourth-order valence-corrected chi connectivity index (χ4v) is 4.68. The normalized spacial score (nSPS) is 12.0. The number of nitrogens with zero attached hydrogens (tertiary/aromatic N) is 3. The molecule has 2 heterocycles. The lowest BCUT2D eigenvalue weighted by atomic mass is 10.1. The third-order valence-corrected chi connectivity index (χ3v) is 6.70. The number of hydrogen-bond acceptors (Lipinski definition) is 4. The van der Waals surface area contributed by atoms with E-state index in [-0.39, 0.29) is 18.0 Å². The van der Waals surface area contributed by atoms with E-state index in [4.69, 9.17) is 9.40 Å². The molecule has 0 bridgehead atoms. The summed E-state index contributed by atoms with van der Waals surface area (Å²) in [6.07, 6.45) is 1.59. The van der Waals surface area contributed by atoms with Gasteiger partial charge in [0.2, 0.25) is 0 Å². The van der Waals surface area contributed by atoms with Crippen LogP contribution in [0.3, 0.4) is 0 Å². The van der Waals surface area contributed by atoms with Crippen LogP contribution in [0.4, 0.5) is 0 Å². The minimum absolute atomic E-state index is 0.167. The van der Waals surface area contributed by atoms with Crippen molar-refractivity contribution in [3.05, 3.63) is 129 Å². The number of rotatable bonds is 6. The Balaban J connectivity index is 1.71. The Kier molecular flexibility index (Phi) is 6.49. The van der Waals surface area contributed by atoms with Crippen molar-refractivity contribution in [2.24, 2.45) is 0 Å². The zero-order valence-electron chi connectivity index (χ0n) is 21.4. The predicted octanol–water partition coefficient (Wildman–Crippen LogP) is 6.31. The van der Waals surface area contributed by atoms with Crippen LogP contribution in [-0.4, -0.2) is 20.4 Å². The summed E-state index contributed by atoms with van der Waals surface area (Å²) in [5.41, 5.74) is 4.86. The van der Waals surface area contributed by atoms with E-state index in [0.29, 0.717) is 28.1 Å². The van der Waals surface area contributed by atoms with Crippen molar-refractivity contribution in [2.75, 3.05) is 0 Å². The molecule has 0 fully saturated rings. The van der Waals surface area contributed by atoms with Crippen molar-refractivity contribution in [1.82, 2.24) is 14.5 Å². The van der Waals surface area contributed by atoms with Crippen LogP contribution in [0, 0.1) is 20.8 Å². The molecule has 0 aliphatic carbocycles. The maximum absolute atomic E-state index is 13.9. The summed E-state index contributed by atoms with van der Waals surface area (Å²) >= 11 is 0. The van der Waals surface area contributed by atoms with E-state index < -0.39 is 6.04 Å². The first-order valence-corrected chi connectivity index (χ1v) is 12.3. The Morgan fingerprint density at radius 1 is 0.946 bits per heavy atom. The SMILES string of the molecule is Cc1ccc(C(=O)N(Cc2ccco2)C(C)c2nc3ccccc3c(=O)n2-c2ccc(C)cc2C)cc1. The highest BCUT2D eigenvalue weighted by molar-refractivity contribution is 5.94. The molecule has 0 aliphatic heterocycles. The Labute approximate surface area is 215 Å². The lowest BCUT2D eigenvalue weighted by molar-refractivity contribution is 0.0648. The molecule has 2 aromatic heterocycles. The second-order valence-electron chi connectivity index (χ2n) is 9.47. The number of amides is 1. The Bertz CT molecular complexity index is 1630. The summed E-state index contributed by atoms with van der Waals surface area (Å²) in [4.78, 5) is 34.4. The third-order valence-electron chi connectivity index (χ3n) is 6.70. The second kappa shape index (κ2) is 9.90. The lowest BCUT2D eigenvalue weighted by Gasteiger charge is -2.30. The van der Waals surface area contributed by atoms with Crippen molar-refractivity contribution in [2.45, 2.75) is 40.3 Å². The summed E-state index contributed by atoms with van der Waals surface area (Å²) in [6, 6.07) is 23.9. The van der Waals surface area contributed by atoms with Gasteiger partial charge in [0.1, 0.15) is 11.6 Å². The fraction of sp³-hybridized carbons (Fsp3) is 0.194. The van der Waals surface area contributed by atoms with Crippen LogP contribution in [-0.2, 0) is 6.54 Å². The zero-order chi connectivity index (χ0) is 26.1. The summed E-state index contributed by atoms with van der Waals surface area (Å²) in [6.45, 7) is 8.13. The minimum atomic E-state index is -0.545. The molecule has 1 unspecified atom stereocenters. The molecular weight excluding hydrogens is 462 g/mol. The number of fused-ring (bicyclic) bond motifs is 1. The largest absolute Gasteiger partial charge is 0.467 e. The van der Waals surface area contributed by atoms with Crippen molar-refractivity contribution in [1.29, 1.82) is 0 Å². The molecule has 6 heteroatoms. The fourth-order valence-electron chi connectivity index (χ4n) is 4.68. The Morgan fingerprint density at radius 3 is 2.38 bits per heavy atom. The van der Waals surface area contributed by atoms with Crippen LogP contribution in [0.25, 0.3) is 16.6 Å². The first-order valence-electron chi connectivity index (χ1n) is 12.3. The number of furan rings is 1. The number of carbonyl (C=O) groups is 1. The van der Waals surface area contributed by atoms with Crippen LogP contribution < -0.4 is 5.56 Å². The molecule has 0 N–H and O–H groups in total. The molecule has 186 valence electrons. The topological polar surface area (TPSA) is 68.3 Å². The van der Waals surface area contributed by atoms with Gasteiger partial charge in [-0.05, 0) is 75.7 Å². The van der Waals surface area contributed by atoms with Gasteiger partial charge >= 0.3 is 0 Å². The summed E-state index contributed by atoms with van der Waals surface area (Å²) < 4.78 is 7.27. The highest BCUT2D eigenvalue weighted by atomic mass is 16.3. The van der Waals surface area contributed by atoms with Gasteiger partial charge in [0, 0.05) is 5.56 Å².